The van der Waals surface area contributed by atoms with Gasteiger partial charge in [-0.1, -0.05) is 6.07 Å². The van der Waals surface area contributed by atoms with E-state index < -0.39 is 0 Å². The molecule has 0 saturated carbocycles. The summed E-state index contributed by atoms with van der Waals surface area (Å²) in [6.07, 6.45) is 1.99. The Morgan fingerprint density at radius 3 is 2.93 bits per heavy atom. The van der Waals surface area contributed by atoms with Crippen molar-refractivity contribution in [2.75, 3.05) is 12.0 Å². The number of nitrogens with two attached hydrogens (primary N) is 1. The number of fused-ring (bicyclic) bond motifs is 1. The molecule has 2 aromatic rings. The Morgan fingerprint density at radius 2 is 2.29 bits per heavy atom. The first kappa shape index (κ1) is 9.38. The van der Waals surface area contributed by atoms with Crippen molar-refractivity contribution in [3.63, 3.8) is 0 Å². The third-order valence-electron chi connectivity index (χ3n) is 2.02. The van der Waals surface area contributed by atoms with Crippen molar-refractivity contribution in [1.29, 1.82) is 5.26 Å². The fraction of sp³-hybridized carbons (Fsp3) is 0.100. The molecule has 0 radical (unpaired) electrons. The maximum absolute atomic E-state index is 8.93. The van der Waals surface area contributed by atoms with Crippen LogP contribution in [0.4, 0.5) is 5.69 Å². The smallest absolute Gasteiger partial charge is 0.0999 e. The van der Waals surface area contributed by atoms with Crippen molar-refractivity contribution in [3.8, 4) is 6.07 Å². The normalized spacial score (nSPS) is 10.3. The molecule has 14 heavy (non-hydrogen) atoms. The van der Waals surface area contributed by atoms with Gasteiger partial charge in [-0.05, 0) is 18.4 Å². The lowest BCUT2D eigenvalue weighted by molar-refractivity contribution is 1.50. The predicted molar refractivity (Wildman–Crippen MR) is 62.7 cm³/mol. The van der Waals surface area contributed by atoms with Crippen molar-refractivity contribution in [2.24, 2.45) is 0 Å². The van der Waals surface area contributed by atoms with E-state index in [0.717, 1.165) is 20.0 Å². The molecule has 1 aromatic heterocycles. The Labute approximate surface area is 90.3 Å². The summed E-state index contributed by atoms with van der Waals surface area (Å²) in [6.45, 7) is 0. The largest absolute Gasteiger partial charge is 0.397 e. The molecule has 0 unspecified atom stereocenters. The highest BCUT2D eigenvalue weighted by Crippen LogP contribution is 2.40. The Kier molecular flexibility index (Phi) is 2.36. The second-order valence-electron chi connectivity index (χ2n) is 2.80. The lowest BCUT2D eigenvalue weighted by Crippen LogP contribution is -1.85. The molecular weight excluding hydrogens is 212 g/mol. The van der Waals surface area contributed by atoms with Gasteiger partial charge in [-0.15, -0.1) is 23.1 Å². The molecule has 70 valence electrons. The molecule has 2 nitrogen and oxygen atoms in total. The zero-order valence-corrected chi connectivity index (χ0v) is 9.21. The first-order valence-electron chi connectivity index (χ1n) is 4.03. The maximum atomic E-state index is 8.93. The van der Waals surface area contributed by atoms with Crippen LogP contribution in [0.3, 0.4) is 0 Å². The fourth-order valence-corrected chi connectivity index (χ4v) is 3.20. The van der Waals surface area contributed by atoms with E-state index in [2.05, 4.69) is 6.07 Å². The highest BCUT2D eigenvalue weighted by atomic mass is 32.2. The summed E-state index contributed by atoms with van der Waals surface area (Å²) in [5.74, 6) is 0. The number of thioether (sulfide) groups is 1. The lowest BCUT2D eigenvalue weighted by atomic mass is 10.1. The highest BCUT2D eigenvalue weighted by Gasteiger charge is 2.11. The minimum Gasteiger partial charge on any atom is -0.397 e. The monoisotopic (exact) mass is 220 g/mol. The average Bonchev–Trinajstić information content (AvgIpc) is 2.55. The van der Waals surface area contributed by atoms with Crippen LogP contribution in [0.15, 0.2) is 22.4 Å². The Balaban J connectivity index is 2.87. The number of hydrogen-bond acceptors (Lipinski definition) is 4. The van der Waals surface area contributed by atoms with Crippen molar-refractivity contribution in [2.45, 2.75) is 4.21 Å². The van der Waals surface area contributed by atoms with E-state index in [1.165, 1.54) is 0 Å². The quantitative estimate of drug-likeness (QED) is 0.751. The van der Waals surface area contributed by atoms with E-state index in [1.807, 2.05) is 18.4 Å². The minimum absolute atomic E-state index is 0.663. The SMILES string of the molecule is CSc1sc2cccc(C#N)c2c1N. The van der Waals surface area contributed by atoms with Crippen molar-refractivity contribution in [1.82, 2.24) is 0 Å². The van der Waals surface area contributed by atoms with Crippen molar-refractivity contribution < 1.29 is 0 Å². The van der Waals surface area contributed by atoms with Gasteiger partial charge in [0.1, 0.15) is 0 Å². The molecule has 4 heteroatoms. The lowest BCUT2D eigenvalue weighted by Gasteiger charge is -1.95. The maximum Gasteiger partial charge on any atom is 0.0999 e. The molecule has 1 heterocycles. The van der Waals surface area contributed by atoms with Gasteiger partial charge in [0.2, 0.25) is 0 Å². The third-order valence-corrected chi connectivity index (χ3v) is 4.33. The van der Waals surface area contributed by atoms with Gasteiger partial charge in [-0.2, -0.15) is 5.26 Å². The summed E-state index contributed by atoms with van der Waals surface area (Å²) in [5.41, 5.74) is 7.37. The first-order chi connectivity index (χ1) is 6.77. The Morgan fingerprint density at radius 1 is 1.50 bits per heavy atom. The van der Waals surface area contributed by atoms with E-state index in [-0.39, 0.29) is 0 Å². The first-order valence-corrected chi connectivity index (χ1v) is 6.07. The minimum atomic E-state index is 0.663. The topological polar surface area (TPSA) is 49.8 Å². The molecule has 0 amide bonds. The van der Waals surface area contributed by atoms with Gasteiger partial charge in [0, 0.05) is 10.1 Å². The van der Waals surface area contributed by atoms with Gasteiger partial charge in [0.15, 0.2) is 0 Å². The molecule has 0 atom stereocenters. The molecule has 0 fully saturated rings. The molecule has 0 aliphatic carbocycles. The number of anilines is 1. The van der Waals surface area contributed by atoms with Crippen LogP contribution in [-0.4, -0.2) is 6.26 Å². The molecule has 2 N–H and O–H groups in total. The van der Waals surface area contributed by atoms with E-state index in [4.69, 9.17) is 11.0 Å². The molecule has 0 aliphatic rings. The standard InChI is InChI=1S/C10H8N2S2/c1-13-10-9(12)8-6(5-11)3-2-4-7(8)14-10/h2-4H,12H2,1H3. The van der Waals surface area contributed by atoms with Gasteiger partial charge < -0.3 is 5.73 Å². The average molecular weight is 220 g/mol. The molecule has 0 bridgehead atoms. The van der Waals surface area contributed by atoms with Crippen LogP contribution in [0.25, 0.3) is 10.1 Å². The molecule has 0 spiro atoms. The number of thiophene rings is 1. The third kappa shape index (κ3) is 1.26. The summed E-state index contributed by atoms with van der Waals surface area (Å²) >= 11 is 3.26. The second-order valence-corrected chi connectivity index (χ2v) is 4.92. The zero-order chi connectivity index (χ0) is 10.1. The van der Waals surface area contributed by atoms with Crippen LogP contribution >= 0.6 is 23.1 Å². The number of nitrogen functional groups attached to an aromatic ring is 1. The molecule has 0 aliphatic heterocycles. The van der Waals surface area contributed by atoms with E-state index in [9.17, 15) is 0 Å². The summed E-state index contributed by atoms with van der Waals surface area (Å²) in [7, 11) is 0. The van der Waals surface area contributed by atoms with Gasteiger partial charge in [0.25, 0.3) is 0 Å². The summed E-state index contributed by atoms with van der Waals surface area (Å²) < 4.78 is 2.17. The van der Waals surface area contributed by atoms with Gasteiger partial charge in [0.05, 0.1) is 21.5 Å². The zero-order valence-electron chi connectivity index (χ0n) is 7.57. The van der Waals surface area contributed by atoms with Crippen LogP contribution in [-0.2, 0) is 0 Å². The van der Waals surface area contributed by atoms with E-state index in [0.29, 0.717) is 5.56 Å². The number of nitriles is 1. The summed E-state index contributed by atoms with van der Waals surface area (Å²) in [5, 5.41) is 9.84. The fourth-order valence-electron chi connectivity index (χ4n) is 1.40. The van der Waals surface area contributed by atoms with Gasteiger partial charge in [-0.25, -0.2) is 0 Å². The second kappa shape index (κ2) is 3.52. The Bertz CT molecular complexity index is 523. The summed E-state index contributed by atoms with van der Waals surface area (Å²) in [4.78, 5) is 0. The van der Waals surface area contributed by atoms with Crippen LogP contribution in [0.1, 0.15) is 5.56 Å². The van der Waals surface area contributed by atoms with Gasteiger partial charge in [-0.3, -0.25) is 0 Å². The molecular formula is C10H8N2S2. The number of nitrogens with zero attached hydrogens (tertiary/aromatic N) is 1. The predicted octanol–water partition coefficient (Wildman–Crippen LogP) is 3.08. The van der Waals surface area contributed by atoms with Crippen molar-refractivity contribution >= 4 is 38.9 Å². The number of benzene rings is 1. The van der Waals surface area contributed by atoms with Crippen LogP contribution in [0, 0.1) is 11.3 Å². The molecule has 0 saturated heterocycles. The summed E-state index contributed by atoms with van der Waals surface area (Å²) in [6, 6.07) is 7.85. The number of hydrogen-bond donors (Lipinski definition) is 1. The van der Waals surface area contributed by atoms with E-state index in [1.54, 1.807) is 29.2 Å². The highest BCUT2D eigenvalue weighted by molar-refractivity contribution is 8.00. The van der Waals surface area contributed by atoms with Crippen LogP contribution < -0.4 is 5.73 Å². The van der Waals surface area contributed by atoms with Crippen LogP contribution in [0.5, 0.6) is 0 Å². The van der Waals surface area contributed by atoms with Crippen LogP contribution in [0.2, 0.25) is 0 Å². The van der Waals surface area contributed by atoms with Crippen molar-refractivity contribution in [3.05, 3.63) is 23.8 Å². The molecule has 2 rings (SSSR count). The molecule has 1 aromatic carbocycles. The van der Waals surface area contributed by atoms with E-state index >= 15 is 0 Å². The Hall–Kier alpha value is -1.18. The van der Waals surface area contributed by atoms with Gasteiger partial charge >= 0.3 is 0 Å². The number of rotatable bonds is 1.